The number of rotatable bonds is 7. The molecule has 40 heavy (non-hydrogen) atoms. The van der Waals surface area contributed by atoms with Crippen LogP contribution in [0.15, 0.2) is 60.8 Å². The quantitative estimate of drug-likeness (QED) is 0.266. The van der Waals surface area contributed by atoms with Gasteiger partial charge in [0.1, 0.15) is 0 Å². The fourth-order valence-corrected chi connectivity index (χ4v) is 4.90. The first-order valence-corrected chi connectivity index (χ1v) is 14.0. The fourth-order valence-electron chi connectivity index (χ4n) is 4.90. The molecule has 3 heterocycles. The molecule has 2 fully saturated rings. The van der Waals surface area contributed by atoms with Gasteiger partial charge in [-0.25, -0.2) is 4.68 Å². The van der Waals surface area contributed by atoms with Crippen LogP contribution in [0.2, 0.25) is 0 Å². The van der Waals surface area contributed by atoms with Crippen LogP contribution < -0.4 is 10.6 Å². The van der Waals surface area contributed by atoms with Crippen LogP contribution in [-0.2, 0) is 4.74 Å². The Kier molecular flexibility index (Phi) is 7.60. The standard InChI is InChI=1S/C33H33N5O2/c1-23-17-19-34-25(21-23)14-16-30-27-15-13-26(22-31(27)38(37-30)32-10-4-5-20-40-32)36-29-9-3-2-8-28(29)33(39)35-18-6-7-24-11-12-24/h2-3,8-9,13-17,19,21-22,24,32,36H,4-5,10-12,18,20H2,1H3,(H,35,39)/b16-14+. The zero-order valence-electron chi connectivity index (χ0n) is 22.7. The highest BCUT2D eigenvalue weighted by Gasteiger charge is 2.21. The van der Waals surface area contributed by atoms with E-state index in [2.05, 4.69) is 52.6 Å². The maximum atomic E-state index is 12.9. The zero-order chi connectivity index (χ0) is 27.3. The third kappa shape index (κ3) is 6.08. The molecule has 0 radical (unpaired) electrons. The Morgan fingerprint density at radius 3 is 2.83 bits per heavy atom. The van der Waals surface area contributed by atoms with Crippen LogP contribution in [0.3, 0.4) is 0 Å². The Balaban J connectivity index is 1.29. The summed E-state index contributed by atoms with van der Waals surface area (Å²) in [5.74, 6) is 6.62. The third-order valence-corrected chi connectivity index (χ3v) is 7.18. The molecule has 1 aliphatic heterocycles. The number of benzene rings is 2. The molecular formula is C33H33N5O2. The summed E-state index contributed by atoms with van der Waals surface area (Å²) in [4.78, 5) is 17.4. The van der Waals surface area contributed by atoms with Gasteiger partial charge in [0.05, 0.1) is 34.7 Å². The molecule has 1 amide bonds. The number of nitrogens with one attached hydrogen (secondary N) is 2. The van der Waals surface area contributed by atoms with Gasteiger partial charge < -0.3 is 15.4 Å². The number of hydrogen-bond donors (Lipinski definition) is 2. The van der Waals surface area contributed by atoms with E-state index in [-0.39, 0.29) is 12.1 Å². The summed E-state index contributed by atoms with van der Waals surface area (Å²) < 4.78 is 8.12. The van der Waals surface area contributed by atoms with Crippen molar-refractivity contribution in [2.24, 2.45) is 5.92 Å². The number of fused-ring (bicyclic) bond motifs is 1. The maximum Gasteiger partial charge on any atom is 0.254 e. The Morgan fingerprint density at radius 2 is 2.00 bits per heavy atom. The molecule has 7 heteroatoms. The van der Waals surface area contributed by atoms with Crippen LogP contribution in [0.5, 0.6) is 0 Å². The molecule has 1 atom stereocenters. The number of aryl methyl sites for hydroxylation is 1. The Labute approximate surface area is 234 Å². The normalized spacial score (nSPS) is 17.0. The predicted octanol–water partition coefficient (Wildman–Crippen LogP) is 6.50. The molecule has 0 spiro atoms. The molecule has 0 bridgehead atoms. The van der Waals surface area contributed by atoms with Gasteiger partial charge in [-0.15, -0.1) is 0 Å². The highest BCUT2D eigenvalue weighted by molar-refractivity contribution is 6.01. The Bertz CT molecular complexity index is 1620. The lowest BCUT2D eigenvalue weighted by Crippen LogP contribution is -2.24. The first-order valence-electron chi connectivity index (χ1n) is 14.0. The number of pyridine rings is 1. The second-order valence-corrected chi connectivity index (χ2v) is 10.4. The largest absolute Gasteiger partial charge is 0.356 e. The van der Waals surface area contributed by atoms with Crippen molar-refractivity contribution in [1.82, 2.24) is 20.1 Å². The van der Waals surface area contributed by atoms with Gasteiger partial charge in [-0.3, -0.25) is 9.78 Å². The topological polar surface area (TPSA) is 81.1 Å². The Hall–Kier alpha value is -4.41. The minimum absolute atomic E-state index is 0.111. The van der Waals surface area contributed by atoms with Crippen LogP contribution in [0.25, 0.3) is 23.1 Å². The van der Waals surface area contributed by atoms with E-state index in [4.69, 9.17) is 9.84 Å². The summed E-state index contributed by atoms with van der Waals surface area (Å²) in [6, 6.07) is 17.8. The van der Waals surface area contributed by atoms with Crippen molar-refractivity contribution in [3.63, 3.8) is 0 Å². The van der Waals surface area contributed by atoms with Crippen LogP contribution in [-0.4, -0.2) is 33.8 Å². The highest BCUT2D eigenvalue weighted by Crippen LogP contribution is 2.32. The second kappa shape index (κ2) is 11.8. The van der Waals surface area contributed by atoms with E-state index < -0.39 is 0 Å². The summed E-state index contributed by atoms with van der Waals surface area (Å²) in [6.07, 6.45) is 11.2. The lowest BCUT2D eigenvalue weighted by molar-refractivity contribution is -0.0367. The SMILES string of the molecule is Cc1ccnc(/C=C/c2nn(C3CCCCO3)c3cc(Nc4ccccc4C(=O)NCC#CC4CC4)ccc23)c1. The van der Waals surface area contributed by atoms with E-state index in [1.807, 2.05) is 59.4 Å². The number of amides is 1. The molecule has 7 nitrogen and oxygen atoms in total. The molecule has 2 aromatic heterocycles. The minimum atomic E-state index is -0.146. The lowest BCUT2D eigenvalue weighted by atomic mass is 10.1. The fraction of sp³-hybridized carbons (Fsp3) is 0.303. The van der Waals surface area contributed by atoms with Crippen LogP contribution >= 0.6 is 0 Å². The van der Waals surface area contributed by atoms with E-state index >= 15 is 0 Å². The number of hydrogen-bond acceptors (Lipinski definition) is 5. The molecule has 1 saturated heterocycles. The summed E-state index contributed by atoms with van der Waals surface area (Å²) in [5.41, 5.74) is 6.08. The van der Waals surface area contributed by atoms with E-state index in [1.165, 1.54) is 12.8 Å². The van der Waals surface area contributed by atoms with Gasteiger partial charge >= 0.3 is 0 Å². The molecular weight excluding hydrogens is 498 g/mol. The van der Waals surface area contributed by atoms with Crippen molar-refractivity contribution in [2.45, 2.75) is 45.3 Å². The second-order valence-electron chi connectivity index (χ2n) is 10.4. The monoisotopic (exact) mass is 531 g/mol. The predicted molar refractivity (Wildman–Crippen MR) is 159 cm³/mol. The van der Waals surface area contributed by atoms with Gasteiger partial charge in [0.15, 0.2) is 6.23 Å². The van der Waals surface area contributed by atoms with E-state index in [1.54, 1.807) is 0 Å². The van der Waals surface area contributed by atoms with E-state index in [9.17, 15) is 4.79 Å². The number of carbonyl (C=O) groups is 1. The van der Waals surface area contributed by atoms with Gasteiger partial charge in [0.25, 0.3) is 5.91 Å². The van der Waals surface area contributed by atoms with Gasteiger partial charge in [-0.1, -0.05) is 24.0 Å². The first-order chi connectivity index (χ1) is 19.6. The van der Waals surface area contributed by atoms with Gasteiger partial charge in [-0.05, 0) is 99.2 Å². The smallest absolute Gasteiger partial charge is 0.254 e. The molecule has 4 aromatic rings. The number of ether oxygens (including phenoxy) is 1. The minimum Gasteiger partial charge on any atom is -0.356 e. The molecule has 202 valence electrons. The Morgan fingerprint density at radius 1 is 1.10 bits per heavy atom. The average Bonchev–Trinajstić information content (AvgIpc) is 3.74. The van der Waals surface area contributed by atoms with Crippen LogP contribution in [0.1, 0.15) is 65.6 Å². The number of nitrogens with zero attached hydrogens (tertiary/aromatic N) is 3. The molecule has 2 aliphatic rings. The summed E-state index contributed by atoms with van der Waals surface area (Å²) in [6.45, 7) is 3.14. The van der Waals surface area contributed by atoms with Crippen LogP contribution in [0.4, 0.5) is 11.4 Å². The van der Waals surface area contributed by atoms with Crippen molar-refractivity contribution in [3.05, 3.63) is 83.3 Å². The molecule has 1 unspecified atom stereocenters. The first kappa shape index (κ1) is 25.8. The molecule has 2 N–H and O–H groups in total. The van der Waals surface area contributed by atoms with E-state index in [0.717, 1.165) is 65.1 Å². The summed E-state index contributed by atoms with van der Waals surface area (Å²) in [7, 11) is 0. The highest BCUT2D eigenvalue weighted by atomic mass is 16.5. The van der Waals surface area contributed by atoms with Gasteiger partial charge in [0, 0.05) is 29.8 Å². The van der Waals surface area contributed by atoms with Crippen molar-refractivity contribution < 1.29 is 9.53 Å². The average molecular weight is 532 g/mol. The summed E-state index contributed by atoms with van der Waals surface area (Å²) in [5, 5.41) is 12.4. The van der Waals surface area contributed by atoms with Crippen molar-refractivity contribution >= 4 is 40.3 Å². The van der Waals surface area contributed by atoms with Crippen LogP contribution in [0, 0.1) is 24.7 Å². The number of anilines is 2. The third-order valence-electron chi connectivity index (χ3n) is 7.18. The molecule has 6 rings (SSSR count). The van der Waals surface area contributed by atoms with Crippen molar-refractivity contribution in [3.8, 4) is 11.8 Å². The van der Waals surface area contributed by atoms with Gasteiger partial charge in [0.2, 0.25) is 0 Å². The lowest BCUT2D eigenvalue weighted by Gasteiger charge is -2.23. The number of para-hydroxylation sites is 1. The molecule has 2 aromatic carbocycles. The number of aromatic nitrogens is 3. The number of carbonyl (C=O) groups excluding carboxylic acids is 1. The molecule has 1 aliphatic carbocycles. The van der Waals surface area contributed by atoms with E-state index in [0.29, 0.717) is 18.0 Å². The van der Waals surface area contributed by atoms with Crippen molar-refractivity contribution in [2.75, 3.05) is 18.5 Å². The molecule has 1 saturated carbocycles. The van der Waals surface area contributed by atoms with Gasteiger partial charge in [-0.2, -0.15) is 5.10 Å². The van der Waals surface area contributed by atoms with Crippen molar-refractivity contribution in [1.29, 1.82) is 0 Å². The zero-order valence-corrected chi connectivity index (χ0v) is 22.7. The maximum absolute atomic E-state index is 12.9. The summed E-state index contributed by atoms with van der Waals surface area (Å²) >= 11 is 0.